The number of hydrogen-bond donors (Lipinski definition) is 1. The molecule has 3 nitrogen and oxygen atoms in total. The monoisotopic (exact) mass is 219 g/mol. The van der Waals surface area contributed by atoms with Crippen LogP contribution in [0.25, 0.3) is 0 Å². The summed E-state index contributed by atoms with van der Waals surface area (Å²) in [6.45, 7) is 3.33. The molecule has 0 saturated heterocycles. The predicted molar refractivity (Wildman–Crippen MR) is 50.7 cm³/mol. The smallest absolute Gasteiger partial charge is 0.354 e. The van der Waals surface area contributed by atoms with Crippen LogP contribution < -0.4 is 5.32 Å². The Bertz CT molecular complexity index is 316. The lowest BCUT2D eigenvalue weighted by molar-refractivity contribution is -0.131. The van der Waals surface area contributed by atoms with Crippen molar-refractivity contribution in [2.45, 2.75) is 26.4 Å². The molecule has 1 N–H and O–H groups in total. The first-order chi connectivity index (χ1) is 6.87. The maximum absolute atomic E-state index is 11.8. The number of alkyl halides is 3. The molecule has 0 aliphatic rings. The van der Waals surface area contributed by atoms with Gasteiger partial charge in [0.25, 0.3) is 0 Å². The van der Waals surface area contributed by atoms with Crippen LogP contribution in [0.2, 0.25) is 0 Å². The Morgan fingerprint density at radius 3 is 2.20 bits per heavy atom. The summed E-state index contributed by atoms with van der Waals surface area (Å²) in [5.41, 5.74) is 1.47. The molecule has 0 spiro atoms. The molecule has 0 atom stereocenters. The van der Waals surface area contributed by atoms with Crippen LogP contribution in [-0.2, 0) is 0 Å². The van der Waals surface area contributed by atoms with Gasteiger partial charge in [-0.1, -0.05) is 0 Å². The molecule has 0 amide bonds. The van der Waals surface area contributed by atoms with Gasteiger partial charge >= 0.3 is 6.18 Å². The lowest BCUT2D eigenvalue weighted by Gasteiger charge is -2.08. The fourth-order valence-electron chi connectivity index (χ4n) is 1.12. The topological polar surface area (TPSA) is 37.8 Å². The highest BCUT2D eigenvalue weighted by molar-refractivity contribution is 5.27. The summed E-state index contributed by atoms with van der Waals surface area (Å²) in [5, 5.41) is 2.54. The first kappa shape index (κ1) is 11.7. The lowest BCUT2D eigenvalue weighted by Crippen LogP contribution is -2.16. The third kappa shape index (κ3) is 4.62. The number of hydrogen-bond acceptors (Lipinski definition) is 3. The number of rotatable bonds is 3. The minimum Gasteiger partial charge on any atom is -0.354 e. The van der Waals surface area contributed by atoms with Crippen LogP contribution in [0.15, 0.2) is 6.07 Å². The van der Waals surface area contributed by atoms with Crippen LogP contribution in [0.4, 0.5) is 19.1 Å². The van der Waals surface area contributed by atoms with Gasteiger partial charge in [-0.25, -0.2) is 9.97 Å². The highest BCUT2D eigenvalue weighted by Gasteiger charge is 2.26. The van der Waals surface area contributed by atoms with Gasteiger partial charge in [0.05, 0.1) is 6.42 Å². The maximum atomic E-state index is 11.8. The van der Waals surface area contributed by atoms with Crippen molar-refractivity contribution >= 4 is 5.95 Å². The van der Waals surface area contributed by atoms with Crippen LogP contribution in [0, 0.1) is 13.8 Å². The number of nitrogens with zero attached hydrogens (tertiary/aromatic N) is 2. The summed E-state index contributed by atoms with van der Waals surface area (Å²) < 4.78 is 35.5. The zero-order valence-electron chi connectivity index (χ0n) is 8.52. The third-order valence-corrected chi connectivity index (χ3v) is 1.67. The van der Waals surface area contributed by atoms with E-state index < -0.39 is 12.6 Å². The zero-order valence-corrected chi connectivity index (χ0v) is 8.52. The van der Waals surface area contributed by atoms with E-state index in [4.69, 9.17) is 0 Å². The summed E-state index contributed by atoms with van der Waals surface area (Å²) in [6, 6.07) is 1.76. The Morgan fingerprint density at radius 2 is 1.73 bits per heavy atom. The van der Waals surface area contributed by atoms with Crippen molar-refractivity contribution in [1.29, 1.82) is 0 Å². The van der Waals surface area contributed by atoms with Gasteiger partial charge in [-0.15, -0.1) is 0 Å². The second-order valence-corrected chi connectivity index (χ2v) is 3.27. The molecule has 0 bridgehead atoms. The molecule has 1 aromatic rings. The maximum Gasteiger partial charge on any atom is 0.390 e. The van der Waals surface area contributed by atoms with Crippen molar-refractivity contribution in [3.8, 4) is 0 Å². The minimum atomic E-state index is -4.15. The summed E-state index contributed by atoms with van der Waals surface area (Å²) in [5.74, 6) is 0.247. The van der Waals surface area contributed by atoms with E-state index >= 15 is 0 Å². The molecule has 0 aliphatic carbocycles. The van der Waals surface area contributed by atoms with E-state index in [1.54, 1.807) is 19.9 Å². The Balaban J connectivity index is 2.51. The van der Waals surface area contributed by atoms with E-state index in [2.05, 4.69) is 15.3 Å². The Kier molecular flexibility index (Phi) is 3.49. The average molecular weight is 219 g/mol. The van der Waals surface area contributed by atoms with E-state index in [0.29, 0.717) is 0 Å². The van der Waals surface area contributed by atoms with Crippen molar-refractivity contribution in [1.82, 2.24) is 9.97 Å². The lowest BCUT2D eigenvalue weighted by atomic mass is 10.3. The van der Waals surface area contributed by atoms with Crippen LogP contribution in [0.5, 0.6) is 0 Å². The molecule has 1 rings (SSSR count). The van der Waals surface area contributed by atoms with Crippen molar-refractivity contribution in [3.05, 3.63) is 17.5 Å². The van der Waals surface area contributed by atoms with Gasteiger partial charge < -0.3 is 5.32 Å². The summed E-state index contributed by atoms with van der Waals surface area (Å²) >= 11 is 0. The fourth-order valence-corrected chi connectivity index (χ4v) is 1.12. The minimum absolute atomic E-state index is 0.202. The van der Waals surface area contributed by atoms with Gasteiger partial charge in [0, 0.05) is 17.9 Å². The van der Waals surface area contributed by atoms with E-state index in [9.17, 15) is 13.2 Å². The molecule has 1 aromatic heterocycles. The van der Waals surface area contributed by atoms with Gasteiger partial charge in [0.1, 0.15) is 0 Å². The molecule has 84 valence electrons. The molecule has 0 unspecified atom stereocenters. The van der Waals surface area contributed by atoms with Gasteiger partial charge in [0.2, 0.25) is 5.95 Å². The largest absolute Gasteiger partial charge is 0.390 e. The molecular weight excluding hydrogens is 207 g/mol. The number of nitrogens with one attached hydrogen (secondary N) is 1. The summed E-state index contributed by atoms with van der Waals surface area (Å²) in [7, 11) is 0. The van der Waals surface area contributed by atoms with Gasteiger partial charge in [0.15, 0.2) is 0 Å². The molecular formula is C9H12F3N3. The van der Waals surface area contributed by atoms with E-state index in [1.807, 2.05) is 0 Å². The molecule has 15 heavy (non-hydrogen) atoms. The van der Waals surface area contributed by atoms with E-state index in [1.165, 1.54) is 0 Å². The first-order valence-electron chi connectivity index (χ1n) is 4.50. The van der Waals surface area contributed by atoms with Crippen LogP contribution >= 0.6 is 0 Å². The number of anilines is 1. The van der Waals surface area contributed by atoms with Crippen molar-refractivity contribution < 1.29 is 13.2 Å². The van der Waals surface area contributed by atoms with Crippen molar-refractivity contribution in [3.63, 3.8) is 0 Å². The Hall–Kier alpha value is -1.33. The normalized spacial score (nSPS) is 11.5. The highest BCUT2D eigenvalue weighted by Crippen LogP contribution is 2.18. The summed E-state index contributed by atoms with van der Waals surface area (Å²) in [6.07, 6.45) is -5.03. The molecule has 0 radical (unpaired) electrons. The van der Waals surface area contributed by atoms with Crippen LogP contribution in [0.1, 0.15) is 17.8 Å². The molecule has 0 aliphatic heterocycles. The number of aryl methyl sites for hydroxylation is 2. The average Bonchev–Trinajstić information content (AvgIpc) is 1.99. The Morgan fingerprint density at radius 1 is 1.20 bits per heavy atom. The SMILES string of the molecule is Cc1cc(C)nc(NCCC(F)(F)F)n1. The first-order valence-corrected chi connectivity index (χ1v) is 4.50. The van der Waals surface area contributed by atoms with Gasteiger partial charge in [-0.3, -0.25) is 0 Å². The molecule has 0 fully saturated rings. The van der Waals surface area contributed by atoms with Gasteiger partial charge in [-0.2, -0.15) is 13.2 Å². The van der Waals surface area contributed by atoms with E-state index in [0.717, 1.165) is 11.4 Å². The molecule has 6 heteroatoms. The zero-order chi connectivity index (χ0) is 11.5. The molecule has 1 heterocycles. The van der Waals surface area contributed by atoms with Gasteiger partial charge in [-0.05, 0) is 19.9 Å². The second-order valence-electron chi connectivity index (χ2n) is 3.27. The summed E-state index contributed by atoms with van der Waals surface area (Å²) in [4.78, 5) is 7.93. The third-order valence-electron chi connectivity index (χ3n) is 1.67. The predicted octanol–water partition coefficient (Wildman–Crippen LogP) is 2.46. The molecule has 0 aromatic carbocycles. The quantitative estimate of drug-likeness (QED) is 0.848. The standard InChI is InChI=1S/C9H12F3N3/c1-6-5-7(2)15-8(14-6)13-4-3-9(10,11)12/h5H,3-4H2,1-2H3,(H,13,14,15). The van der Waals surface area contributed by atoms with E-state index in [-0.39, 0.29) is 12.5 Å². The number of halogens is 3. The highest BCUT2D eigenvalue weighted by atomic mass is 19.4. The molecule has 0 saturated carbocycles. The van der Waals surface area contributed by atoms with Crippen LogP contribution in [-0.4, -0.2) is 22.7 Å². The number of aromatic nitrogens is 2. The second kappa shape index (κ2) is 4.46. The Labute approximate surface area is 85.7 Å². The van der Waals surface area contributed by atoms with Crippen LogP contribution in [0.3, 0.4) is 0 Å². The van der Waals surface area contributed by atoms with Crippen molar-refractivity contribution in [2.75, 3.05) is 11.9 Å². The fraction of sp³-hybridized carbons (Fsp3) is 0.556. The van der Waals surface area contributed by atoms with Crippen molar-refractivity contribution in [2.24, 2.45) is 0 Å².